The molecule has 1 aromatic carbocycles. The molecule has 1 aromatic rings. The summed E-state index contributed by atoms with van der Waals surface area (Å²) in [5.74, 6) is -0.301. The number of hydrogen-bond donors (Lipinski definition) is 2. The van der Waals surface area contributed by atoms with Crippen LogP contribution in [0.5, 0.6) is 0 Å². The molecule has 0 aliphatic rings. The predicted octanol–water partition coefficient (Wildman–Crippen LogP) is 2.20. The molecular formula is C12H17FN2. The average Bonchev–Trinajstić information content (AvgIpc) is 2.17. The Balaban J connectivity index is 3.17. The van der Waals surface area contributed by atoms with Crippen molar-refractivity contribution in [2.24, 2.45) is 5.73 Å². The van der Waals surface area contributed by atoms with Crippen LogP contribution in [0.15, 0.2) is 30.9 Å². The average molecular weight is 208 g/mol. The van der Waals surface area contributed by atoms with Gasteiger partial charge < -0.3 is 11.5 Å². The van der Waals surface area contributed by atoms with Gasteiger partial charge in [-0.3, -0.25) is 0 Å². The Bertz CT molecular complexity index is 363. The van der Waals surface area contributed by atoms with Crippen molar-refractivity contribution in [3.8, 4) is 0 Å². The second-order valence-corrected chi connectivity index (χ2v) is 4.00. The van der Waals surface area contributed by atoms with Gasteiger partial charge in [-0.25, -0.2) is 4.39 Å². The van der Waals surface area contributed by atoms with Crippen molar-refractivity contribution in [3.63, 3.8) is 0 Å². The zero-order chi connectivity index (χ0) is 11.5. The van der Waals surface area contributed by atoms with E-state index in [-0.39, 0.29) is 5.82 Å². The molecule has 0 aliphatic carbocycles. The van der Waals surface area contributed by atoms with Crippen molar-refractivity contribution in [3.05, 3.63) is 42.2 Å². The van der Waals surface area contributed by atoms with Crippen LogP contribution >= 0.6 is 0 Å². The zero-order valence-electron chi connectivity index (χ0n) is 8.96. The molecule has 82 valence electrons. The number of benzene rings is 1. The lowest BCUT2D eigenvalue weighted by Gasteiger charge is -2.27. The van der Waals surface area contributed by atoms with Gasteiger partial charge in [0.25, 0.3) is 0 Å². The fraction of sp³-hybridized carbons (Fsp3) is 0.333. The first kappa shape index (κ1) is 11.7. The fourth-order valence-electron chi connectivity index (χ4n) is 1.64. The molecule has 3 heteroatoms. The van der Waals surface area contributed by atoms with Crippen molar-refractivity contribution in [1.29, 1.82) is 0 Å². The van der Waals surface area contributed by atoms with Crippen molar-refractivity contribution < 1.29 is 4.39 Å². The third-order valence-corrected chi connectivity index (χ3v) is 2.69. The number of anilines is 1. The highest BCUT2D eigenvalue weighted by Gasteiger charge is 2.26. The number of rotatable bonds is 4. The molecule has 1 rings (SSSR count). The molecule has 0 aliphatic heterocycles. The molecule has 0 radical (unpaired) electrons. The standard InChI is InChI=1S/C12H17FN2/c1-3-6-12(2,8-14)10-5-4-9(15)7-11(10)13/h3-5,7H,1,6,8,14-15H2,2H3. The van der Waals surface area contributed by atoms with Crippen LogP contribution in [0.25, 0.3) is 0 Å². The van der Waals surface area contributed by atoms with Crippen LogP contribution in [0.2, 0.25) is 0 Å². The summed E-state index contributed by atoms with van der Waals surface area (Å²) in [7, 11) is 0. The molecule has 0 saturated carbocycles. The molecule has 0 amide bonds. The second kappa shape index (κ2) is 4.45. The molecule has 0 fully saturated rings. The quantitative estimate of drug-likeness (QED) is 0.588. The van der Waals surface area contributed by atoms with Gasteiger partial charge in [-0.15, -0.1) is 6.58 Å². The number of halogens is 1. The van der Waals surface area contributed by atoms with E-state index in [1.807, 2.05) is 6.92 Å². The van der Waals surface area contributed by atoms with E-state index in [0.29, 0.717) is 24.2 Å². The summed E-state index contributed by atoms with van der Waals surface area (Å²) in [5, 5.41) is 0. The summed E-state index contributed by atoms with van der Waals surface area (Å²) in [6, 6.07) is 4.71. The van der Waals surface area contributed by atoms with Gasteiger partial charge in [0, 0.05) is 17.6 Å². The third kappa shape index (κ3) is 2.36. The maximum absolute atomic E-state index is 13.7. The van der Waals surface area contributed by atoms with E-state index in [0.717, 1.165) is 0 Å². The predicted molar refractivity (Wildman–Crippen MR) is 62.0 cm³/mol. The molecule has 2 nitrogen and oxygen atoms in total. The van der Waals surface area contributed by atoms with E-state index in [9.17, 15) is 4.39 Å². The summed E-state index contributed by atoms with van der Waals surface area (Å²) >= 11 is 0. The maximum Gasteiger partial charge on any atom is 0.129 e. The normalized spacial score (nSPS) is 14.6. The molecule has 0 aromatic heterocycles. The lowest BCUT2D eigenvalue weighted by molar-refractivity contribution is 0.458. The van der Waals surface area contributed by atoms with Gasteiger partial charge in [-0.05, 0) is 24.1 Å². The van der Waals surface area contributed by atoms with Crippen molar-refractivity contribution in [2.45, 2.75) is 18.8 Å². The highest BCUT2D eigenvalue weighted by Crippen LogP contribution is 2.29. The van der Waals surface area contributed by atoms with E-state index in [1.165, 1.54) is 6.07 Å². The first-order valence-corrected chi connectivity index (χ1v) is 4.90. The van der Waals surface area contributed by atoms with Gasteiger partial charge in [0.2, 0.25) is 0 Å². The van der Waals surface area contributed by atoms with Crippen LogP contribution in [0.4, 0.5) is 10.1 Å². The van der Waals surface area contributed by atoms with E-state index in [4.69, 9.17) is 11.5 Å². The Morgan fingerprint density at radius 2 is 2.20 bits per heavy atom. The zero-order valence-corrected chi connectivity index (χ0v) is 8.96. The van der Waals surface area contributed by atoms with Gasteiger partial charge >= 0.3 is 0 Å². The van der Waals surface area contributed by atoms with E-state index in [1.54, 1.807) is 18.2 Å². The monoisotopic (exact) mass is 208 g/mol. The SMILES string of the molecule is C=CCC(C)(CN)c1ccc(N)cc1F. The smallest absolute Gasteiger partial charge is 0.129 e. The first-order valence-electron chi connectivity index (χ1n) is 4.90. The Morgan fingerprint density at radius 1 is 1.53 bits per heavy atom. The minimum atomic E-state index is -0.403. The van der Waals surface area contributed by atoms with Crippen LogP contribution in [0.3, 0.4) is 0 Å². The lowest BCUT2D eigenvalue weighted by atomic mass is 9.79. The summed E-state index contributed by atoms with van der Waals surface area (Å²) in [5.41, 5.74) is 11.8. The molecule has 4 N–H and O–H groups in total. The summed E-state index contributed by atoms with van der Waals surface area (Å²) in [6.07, 6.45) is 2.40. The van der Waals surface area contributed by atoms with E-state index < -0.39 is 5.41 Å². The topological polar surface area (TPSA) is 52.0 Å². The first-order chi connectivity index (χ1) is 7.03. The van der Waals surface area contributed by atoms with Crippen molar-refractivity contribution in [2.75, 3.05) is 12.3 Å². The Hall–Kier alpha value is -1.35. The number of allylic oxidation sites excluding steroid dienone is 1. The van der Waals surface area contributed by atoms with Gasteiger partial charge in [-0.2, -0.15) is 0 Å². The molecule has 0 heterocycles. The van der Waals surface area contributed by atoms with Crippen LogP contribution in [0.1, 0.15) is 18.9 Å². The second-order valence-electron chi connectivity index (χ2n) is 4.00. The summed E-state index contributed by atoms with van der Waals surface area (Å²) < 4.78 is 13.7. The molecule has 15 heavy (non-hydrogen) atoms. The van der Waals surface area contributed by atoms with Crippen LogP contribution in [0, 0.1) is 5.82 Å². The summed E-state index contributed by atoms with van der Waals surface area (Å²) in [4.78, 5) is 0. The number of nitrogen functional groups attached to an aromatic ring is 1. The largest absolute Gasteiger partial charge is 0.399 e. The molecule has 1 atom stereocenters. The fourth-order valence-corrected chi connectivity index (χ4v) is 1.64. The van der Waals surface area contributed by atoms with E-state index in [2.05, 4.69) is 6.58 Å². The van der Waals surface area contributed by atoms with Crippen LogP contribution in [-0.4, -0.2) is 6.54 Å². The Morgan fingerprint density at radius 3 is 2.67 bits per heavy atom. The Kier molecular flexibility index (Phi) is 3.48. The van der Waals surface area contributed by atoms with Crippen LogP contribution in [-0.2, 0) is 5.41 Å². The highest BCUT2D eigenvalue weighted by atomic mass is 19.1. The van der Waals surface area contributed by atoms with Crippen LogP contribution < -0.4 is 11.5 Å². The molecule has 0 saturated heterocycles. The minimum absolute atomic E-state index is 0.301. The Labute approximate surface area is 89.8 Å². The number of nitrogens with two attached hydrogens (primary N) is 2. The van der Waals surface area contributed by atoms with Gasteiger partial charge in [-0.1, -0.05) is 19.1 Å². The van der Waals surface area contributed by atoms with Gasteiger partial charge in [0.15, 0.2) is 0 Å². The molecule has 0 spiro atoms. The highest BCUT2D eigenvalue weighted by molar-refractivity contribution is 5.42. The van der Waals surface area contributed by atoms with Crippen molar-refractivity contribution in [1.82, 2.24) is 0 Å². The molecular weight excluding hydrogens is 191 g/mol. The lowest BCUT2D eigenvalue weighted by Crippen LogP contribution is -2.32. The van der Waals surface area contributed by atoms with E-state index >= 15 is 0 Å². The van der Waals surface area contributed by atoms with Gasteiger partial charge in [0.05, 0.1) is 0 Å². The van der Waals surface area contributed by atoms with Crippen molar-refractivity contribution >= 4 is 5.69 Å². The maximum atomic E-state index is 13.7. The number of hydrogen-bond acceptors (Lipinski definition) is 2. The molecule has 0 bridgehead atoms. The molecule has 1 unspecified atom stereocenters. The van der Waals surface area contributed by atoms with Gasteiger partial charge in [0.1, 0.15) is 5.82 Å². The third-order valence-electron chi connectivity index (χ3n) is 2.69. The summed E-state index contributed by atoms with van der Waals surface area (Å²) in [6.45, 7) is 5.96. The minimum Gasteiger partial charge on any atom is -0.399 e.